The number of amides is 4. The lowest BCUT2D eigenvalue weighted by molar-refractivity contribution is -0.142. The molecule has 9 N–H and O–H groups in total. The first-order valence-corrected chi connectivity index (χ1v) is 13.0. The van der Waals surface area contributed by atoms with Crippen molar-refractivity contribution < 1.29 is 29.1 Å². The van der Waals surface area contributed by atoms with E-state index in [0.717, 1.165) is 0 Å². The highest BCUT2D eigenvalue weighted by Crippen LogP contribution is 2.08. The number of carbonyl (C=O) groups is 5. The number of nitrogens with zero attached hydrogens (tertiary/aromatic N) is 1. The first kappa shape index (κ1) is 30.9. The van der Waals surface area contributed by atoms with Gasteiger partial charge in [-0.05, 0) is 37.2 Å². The summed E-state index contributed by atoms with van der Waals surface area (Å²) in [5.41, 5.74) is 11.5. The third-order valence-corrected chi connectivity index (χ3v) is 5.86. The number of aromatic amines is 1. The molecule has 0 aliphatic carbocycles. The van der Waals surface area contributed by atoms with Gasteiger partial charge in [-0.15, -0.1) is 0 Å². The van der Waals surface area contributed by atoms with Crippen LogP contribution in [0.2, 0.25) is 0 Å². The van der Waals surface area contributed by atoms with E-state index >= 15 is 0 Å². The maximum atomic E-state index is 13.1. The number of hydrogen-bond acceptors (Lipinski definition) is 8. The van der Waals surface area contributed by atoms with Gasteiger partial charge in [-0.25, -0.2) is 9.78 Å². The van der Waals surface area contributed by atoms with E-state index in [1.165, 1.54) is 24.3 Å². The Morgan fingerprint density at radius 1 is 1.03 bits per heavy atom. The van der Waals surface area contributed by atoms with Crippen LogP contribution in [0, 0.1) is 5.92 Å². The van der Waals surface area contributed by atoms with Crippen molar-refractivity contribution in [2.24, 2.45) is 17.4 Å². The molecule has 1 aromatic heterocycles. The minimum Gasteiger partial charge on any atom is -0.480 e. The Morgan fingerprint density at radius 3 is 2.17 bits per heavy atom. The number of rotatable bonds is 17. The lowest BCUT2D eigenvalue weighted by Crippen LogP contribution is -2.57. The number of nitrogens with two attached hydrogens (primary N) is 2. The molecule has 4 amide bonds. The first-order chi connectivity index (χ1) is 16.9. The lowest BCUT2D eigenvalue weighted by atomic mass is 10.0. The van der Waals surface area contributed by atoms with Gasteiger partial charge in [0.2, 0.25) is 23.6 Å². The largest absolute Gasteiger partial charge is 0.480 e. The van der Waals surface area contributed by atoms with Crippen LogP contribution in [-0.2, 0) is 30.4 Å². The van der Waals surface area contributed by atoms with Gasteiger partial charge < -0.3 is 37.5 Å². The Hall–Kier alpha value is -3.13. The molecule has 14 heteroatoms. The molecule has 0 saturated carbocycles. The third kappa shape index (κ3) is 11.5. The molecule has 0 aliphatic heterocycles. The standard InChI is InChI=1S/C22H37N7O6S/c1-12(2)8-17(22(34)35)29-21(33)16(9-13-10-25-11-26-13)28-20(32)15(6-7-36-3)27-19(31)14(23)4-5-18(24)30/h10-12,14-17H,4-9,23H2,1-3H3,(H2,24,30)(H,25,26)(H,27,31)(H,28,32)(H,29,33)(H,34,35). The van der Waals surface area contributed by atoms with E-state index < -0.39 is 53.8 Å². The zero-order valence-electron chi connectivity index (χ0n) is 20.8. The Labute approximate surface area is 214 Å². The van der Waals surface area contributed by atoms with Crippen LogP contribution in [0.15, 0.2) is 12.5 Å². The molecule has 202 valence electrons. The number of H-pyrrole nitrogens is 1. The van der Waals surface area contributed by atoms with Crippen LogP contribution in [0.5, 0.6) is 0 Å². The van der Waals surface area contributed by atoms with Gasteiger partial charge in [0.25, 0.3) is 0 Å². The van der Waals surface area contributed by atoms with Gasteiger partial charge in [0.05, 0.1) is 12.4 Å². The summed E-state index contributed by atoms with van der Waals surface area (Å²) in [4.78, 5) is 68.0. The Kier molecular flexibility index (Phi) is 13.5. The topological polar surface area (TPSA) is 222 Å². The number of thioether (sulfide) groups is 1. The summed E-state index contributed by atoms with van der Waals surface area (Å²) >= 11 is 1.46. The van der Waals surface area contributed by atoms with Gasteiger partial charge in [0, 0.05) is 24.7 Å². The van der Waals surface area contributed by atoms with Crippen molar-refractivity contribution in [2.75, 3.05) is 12.0 Å². The van der Waals surface area contributed by atoms with Crippen LogP contribution in [0.1, 0.15) is 45.2 Å². The van der Waals surface area contributed by atoms with E-state index in [1.54, 1.807) is 0 Å². The number of imidazole rings is 1. The second kappa shape index (κ2) is 15.8. The molecule has 13 nitrogen and oxygen atoms in total. The number of carboxylic acids is 1. The fraction of sp³-hybridized carbons (Fsp3) is 0.636. The van der Waals surface area contributed by atoms with Crippen molar-refractivity contribution >= 4 is 41.4 Å². The maximum Gasteiger partial charge on any atom is 0.326 e. The van der Waals surface area contributed by atoms with Gasteiger partial charge in [-0.2, -0.15) is 11.8 Å². The summed E-state index contributed by atoms with van der Waals surface area (Å²) in [6.45, 7) is 3.66. The average Bonchev–Trinajstić information content (AvgIpc) is 3.31. The number of aromatic nitrogens is 2. The summed E-state index contributed by atoms with van der Waals surface area (Å²) in [6.07, 6.45) is 5.17. The first-order valence-electron chi connectivity index (χ1n) is 11.6. The highest BCUT2D eigenvalue weighted by molar-refractivity contribution is 7.98. The highest BCUT2D eigenvalue weighted by atomic mass is 32.2. The van der Waals surface area contributed by atoms with Crippen LogP contribution in [0.3, 0.4) is 0 Å². The third-order valence-electron chi connectivity index (χ3n) is 5.22. The molecule has 0 aromatic carbocycles. The van der Waals surface area contributed by atoms with Crippen molar-refractivity contribution in [3.8, 4) is 0 Å². The van der Waals surface area contributed by atoms with Crippen molar-refractivity contribution in [2.45, 2.75) is 70.1 Å². The zero-order valence-corrected chi connectivity index (χ0v) is 21.6. The van der Waals surface area contributed by atoms with Gasteiger partial charge in [0.15, 0.2) is 0 Å². The van der Waals surface area contributed by atoms with Gasteiger partial charge in [-0.3, -0.25) is 19.2 Å². The number of carboxylic acid groups (broad SMARTS) is 1. The van der Waals surface area contributed by atoms with Crippen LogP contribution in [-0.4, -0.2) is 80.8 Å². The zero-order chi connectivity index (χ0) is 27.3. The average molecular weight is 528 g/mol. The Bertz CT molecular complexity index is 880. The van der Waals surface area contributed by atoms with Crippen molar-refractivity contribution in [3.63, 3.8) is 0 Å². The van der Waals surface area contributed by atoms with E-state index in [9.17, 15) is 29.1 Å². The van der Waals surface area contributed by atoms with Crippen molar-refractivity contribution in [3.05, 3.63) is 18.2 Å². The van der Waals surface area contributed by atoms with Crippen LogP contribution >= 0.6 is 11.8 Å². The quantitative estimate of drug-likeness (QED) is 0.130. The fourth-order valence-corrected chi connectivity index (χ4v) is 3.75. The fourth-order valence-electron chi connectivity index (χ4n) is 3.28. The smallest absolute Gasteiger partial charge is 0.326 e. The second-order valence-corrected chi connectivity index (χ2v) is 9.81. The highest BCUT2D eigenvalue weighted by Gasteiger charge is 2.31. The number of hydrogen-bond donors (Lipinski definition) is 7. The number of aliphatic carboxylic acids is 1. The molecule has 0 radical (unpaired) electrons. The minimum absolute atomic E-state index is 0.0111. The molecule has 0 spiro atoms. The molecule has 1 rings (SSSR count). The van der Waals surface area contributed by atoms with Crippen LogP contribution in [0.4, 0.5) is 0 Å². The molecule has 1 heterocycles. The molecule has 4 atom stereocenters. The molecule has 0 aliphatic rings. The maximum absolute atomic E-state index is 13.1. The van der Waals surface area contributed by atoms with E-state index in [2.05, 4.69) is 25.9 Å². The number of carbonyl (C=O) groups excluding carboxylic acids is 4. The number of primary amides is 1. The van der Waals surface area contributed by atoms with Gasteiger partial charge in [-0.1, -0.05) is 13.8 Å². The lowest BCUT2D eigenvalue weighted by Gasteiger charge is -2.25. The summed E-state index contributed by atoms with van der Waals surface area (Å²) < 4.78 is 0. The molecular formula is C22H37N7O6S. The van der Waals surface area contributed by atoms with E-state index in [0.29, 0.717) is 11.4 Å². The van der Waals surface area contributed by atoms with Crippen molar-refractivity contribution in [1.29, 1.82) is 0 Å². The minimum atomic E-state index is -1.18. The molecule has 0 saturated heterocycles. The normalized spacial score (nSPS) is 14.4. The molecule has 0 bridgehead atoms. The molecular weight excluding hydrogens is 490 g/mol. The monoisotopic (exact) mass is 527 g/mol. The molecule has 36 heavy (non-hydrogen) atoms. The molecule has 1 aromatic rings. The Morgan fingerprint density at radius 2 is 1.64 bits per heavy atom. The Balaban J connectivity index is 3.02. The van der Waals surface area contributed by atoms with Crippen LogP contribution < -0.4 is 27.4 Å². The number of nitrogens with one attached hydrogen (secondary N) is 4. The van der Waals surface area contributed by atoms with E-state index in [4.69, 9.17) is 11.5 Å². The second-order valence-electron chi connectivity index (χ2n) is 8.83. The molecule has 0 fully saturated rings. The van der Waals surface area contributed by atoms with E-state index in [-0.39, 0.29) is 38.0 Å². The SMILES string of the molecule is CSCCC(NC(=O)C(N)CCC(N)=O)C(=O)NC(Cc1cnc[nH]1)C(=O)NC(CC(C)C)C(=O)O. The summed E-state index contributed by atoms with van der Waals surface area (Å²) in [5.74, 6) is -3.18. The van der Waals surface area contributed by atoms with Crippen molar-refractivity contribution in [1.82, 2.24) is 25.9 Å². The van der Waals surface area contributed by atoms with Crippen LogP contribution in [0.25, 0.3) is 0 Å². The van der Waals surface area contributed by atoms with Gasteiger partial charge >= 0.3 is 5.97 Å². The summed E-state index contributed by atoms with van der Waals surface area (Å²) in [6, 6.07) is -4.32. The molecule has 4 unspecified atom stereocenters. The predicted octanol–water partition coefficient (Wildman–Crippen LogP) is -1.12. The predicted molar refractivity (Wildman–Crippen MR) is 135 cm³/mol. The van der Waals surface area contributed by atoms with E-state index in [1.807, 2.05) is 20.1 Å². The summed E-state index contributed by atoms with van der Waals surface area (Å²) in [7, 11) is 0. The van der Waals surface area contributed by atoms with Gasteiger partial charge in [0.1, 0.15) is 18.1 Å². The summed E-state index contributed by atoms with van der Waals surface area (Å²) in [5, 5.41) is 17.2.